The molecule has 0 bridgehead atoms. The lowest BCUT2D eigenvalue weighted by atomic mass is 9.93. The summed E-state index contributed by atoms with van der Waals surface area (Å²) in [5.41, 5.74) is 7.38. The van der Waals surface area contributed by atoms with Crippen molar-refractivity contribution in [3.8, 4) is 5.75 Å². The van der Waals surface area contributed by atoms with E-state index >= 15 is 0 Å². The summed E-state index contributed by atoms with van der Waals surface area (Å²) < 4.78 is 11.5. The molecule has 0 saturated heterocycles. The van der Waals surface area contributed by atoms with Gasteiger partial charge in [0.15, 0.2) is 5.11 Å². The largest absolute Gasteiger partial charge is 0.453 e. The van der Waals surface area contributed by atoms with E-state index in [9.17, 15) is 4.79 Å². The van der Waals surface area contributed by atoms with E-state index < -0.39 is 5.97 Å². The van der Waals surface area contributed by atoms with Crippen molar-refractivity contribution >= 4 is 34.7 Å². The highest BCUT2D eigenvalue weighted by Crippen LogP contribution is 2.30. The molecule has 0 amide bonds. The van der Waals surface area contributed by atoms with Crippen LogP contribution in [0.15, 0.2) is 64.1 Å². The van der Waals surface area contributed by atoms with Crippen LogP contribution in [-0.2, 0) is 12.8 Å². The average Bonchev–Trinajstić information content (AvgIpc) is 3.16. The number of para-hydroxylation sites is 1. The summed E-state index contributed by atoms with van der Waals surface area (Å²) in [5.74, 6) is 0.960. The molecule has 32 heavy (non-hydrogen) atoms. The molecule has 6 nitrogen and oxygen atoms in total. The number of carbonyl (C=O) groups excluding carboxylic acids is 1. The summed E-state index contributed by atoms with van der Waals surface area (Å²) in [7, 11) is 0. The third kappa shape index (κ3) is 4.89. The predicted octanol–water partition coefficient (Wildman–Crippen LogP) is 5.40. The summed E-state index contributed by atoms with van der Waals surface area (Å²) >= 11 is 5.35. The van der Waals surface area contributed by atoms with Gasteiger partial charge in [-0.1, -0.05) is 37.3 Å². The number of carbonyl (C=O) groups is 1. The van der Waals surface area contributed by atoms with Crippen LogP contribution in [0.3, 0.4) is 0 Å². The van der Waals surface area contributed by atoms with Crippen LogP contribution in [0.5, 0.6) is 5.75 Å². The number of aryl methyl sites for hydroxylation is 2. The van der Waals surface area contributed by atoms with Gasteiger partial charge < -0.3 is 14.5 Å². The molecule has 2 N–H and O–H groups in total. The number of fused-ring (bicyclic) bond motifs is 1. The number of furan rings is 1. The van der Waals surface area contributed by atoms with E-state index in [1.807, 2.05) is 49.4 Å². The molecule has 0 saturated carbocycles. The maximum absolute atomic E-state index is 12.8. The van der Waals surface area contributed by atoms with E-state index in [0.717, 1.165) is 54.0 Å². The number of thiocarbonyl (C=S) groups is 1. The van der Waals surface area contributed by atoms with Gasteiger partial charge in [-0.3, -0.25) is 5.43 Å². The average molecular weight is 448 g/mol. The van der Waals surface area contributed by atoms with Crippen LogP contribution in [0.4, 0.5) is 5.69 Å². The van der Waals surface area contributed by atoms with E-state index in [2.05, 4.69) is 22.8 Å². The van der Waals surface area contributed by atoms with Crippen LogP contribution in [0.25, 0.3) is 0 Å². The van der Waals surface area contributed by atoms with E-state index in [0.29, 0.717) is 10.9 Å². The molecule has 0 aliphatic heterocycles. The molecule has 164 valence electrons. The topological polar surface area (TPSA) is 75.9 Å². The standard InChI is InChI=1S/C25H25N3O3S/c1-3-17-12-14-19(15-13-17)30-24(29)23-16(2)22-20(10-7-11-21(22)31-23)27-28-25(32)26-18-8-5-4-6-9-18/h4-6,8-9,12-15H,3,7,10-11H2,1-2H3,(H2,26,28,32)/b27-20+. The van der Waals surface area contributed by atoms with Gasteiger partial charge in [0.05, 0.1) is 5.71 Å². The number of hydrazone groups is 1. The number of nitrogens with one attached hydrogen (secondary N) is 2. The molecule has 4 rings (SSSR count). The fraction of sp³-hybridized carbons (Fsp3) is 0.240. The van der Waals surface area contributed by atoms with Crippen molar-refractivity contribution < 1.29 is 13.9 Å². The van der Waals surface area contributed by atoms with Crippen LogP contribution in [0.1, 0.15) is 52.8 Å². The van der Waals surface area contributed by atoms with Gasteiger partial charge >= 0.3 is 5.97 Å². The van der Waals surface area contributed by atoms with Crippen molar-refractivity contribution in [3.63, 3.8) is 0 Å². The molecule has 1 heterocycles. The number of rotatable bonds is 5. The molecule has 1 aliphatic rings. The number of nitrogens with zero attached hydrogens (tertiary/aromatic N) is 1. The van der Waals surface area contributed by atoms with Gasteiger partial charge in [-0.15, -0.1) is 0 Å². The Balaban J connectivity index is 1.49. The predicted molar refractivity (Wildman–Crippen MR) is 129 cm³/mol. The van der Waals surface area contributed by atoms with E-state index in [-0.39, 0.29) is 5.76 Å². The normalized spacial score (nSPS) is 14.0. The Kier molecular flexibility index (Phi) is 6.66. The SMILES string of the molecule is CCc1ccc(OC(=O)c2oc3c(c2C)/C(=N/NC(=S)Nc2ccccc2)CCC3)cc1. The third-order valence-electron chi connectivity index (χ3n) is 5.38. The Morgan fingerprint density at radius 2 is 1.88 bits per heavy atom. The Hall–Kier alpha value is -3.45. The molecule has 7 heteroatoms. The Morgan fingerprint density at radius 1 is 1.12 bits per heavy atom. The smallest absolute Gasteiger partial charge is 0.379 e. The minimum Gasteiger partial charge on any atom is -0.453 e. The van der Waals surface area contributed by atoms with Crippen molar-refractivity contribution in [2.75, 3.05) is 5.32 Å². The van der Waals surface area contributed by atoms with Crippen molar-refractivity contribution in [1.82, 2.24) is 5.43 Å². The zero-order valence-electron chi connectivity index (χ0n) is 18.1. The van der Waals surface area contributed by atoms with Crippen molar-refractivity contribution in [2.45, 2.75) is 39.5 Å². The molecule has 0 radical (unpaired) electrons. The van der Waals surface area contributed by atoms with Crippen molar-refractivity contribution in [2.24, 2.45) is 5.10 Å². The van der Waals surface area contributed by atoms with Gasteiger partial charge in [-0.05, 0) is 68.2 Å². The number of ether oxygens (including phenoxy) is 1. The minimum absolute atomic E-state index is 0.217. The van der Waals surface area contributed by atoms with Gasteiger partial charge in [-0.2, -0.15) is 5.10 Å². The quantitative estimate of drug-likeness (QED) is 0.236. The van der Waals surface area contributed by atoms with E-state index in [1.54, 1.807) is 12.1 Å². The fourth-order valence-corrected chi connectivity index (χ4v) is 3.88. The first kappa shape index (κ1) is 21.8. The number of esters is 1. The van der Waals surface area contributed by atoms with Crippen LogP contribution in [0.2, 0.25) is 0 Å². The molecule has 0 fully saturated rings. The van der Waals surface area contributed by atoms with E-state index in [1.165, 1.54) is 5.56 Å². The second-order valence-corrected chi connectivity index (χ2v) is 7.99. The molecule has 3 aromatic rings. The molecule has 2 aromatic carbocycles. The van der Waals surface area contributed by atoms with Gasteiger partial charge in [0.25, 0.3) is 0 Å². The maximum Gasteiger partial charge on any atom is 0.379 e. The molecular formula is C25H25N3O3S. The first-order valence-corrected chi connectivity index (χ1v) is 11.1. The van der Waals surface area contributed by atoms with E-state index in [4.69, 9.17) is 21.4 Å². The van der Waals surface area contributed by atoms with Crippen LogP contribution < -0.4 is 15.5 Å². The number of hydrogen-bond acceptors (Lipinski definition) is 5. The Labute approximate surface area is 192 Å². The molecule has 1 aliphatic carbocycles. The highest BCUT2D eigenvalue weighted by Gasteiger charge is 2.29. The lowest BCUT2D eigenvalue weighted by Gasteiger charge is -2.14. The third-order valence-corrected chi connectivity index (χ3v) is 5.57. The first-order valence-electron chi connectivity index (χ1n) is 10.7. The minimum atomic E-state index is -0.505. The van der Waals surface area contributed by atoms with Crippen LogP contribution >= 0.6 is 12.2 Å². The molecule has 0 atom stereocenters. The summed E-state index contributed by atoms with van der Waals surface area (Å²) in [5, 5.41) is 8.00. The highest BCUT2D eigenvalue weighted by molar-refractivity contribution is 7.80. The number of hydrogen-bond donors (Lipinski definition) is 2. The zero-order valence-corrected chi connectivity index (χ0v) is 18.9. The summed E-state index contributed by atoms with van der Waals surface area (Å²) in [4.78, 5) is 12.8. The zero-order chi connectivity index (χ0) is 22.5. The highest BCUT2D eigenvalue weighted by atomic mass is 32.1. The fourth-order valence-electron chi connectivity index (χ4n) is 3.72. The number of anilines is 1. The summed E-state index contributed by atoms with van der Waals surface area (Å²) in [6.07, 6.45) is 3.33. The lowest BCUT2D eigenvalue weighted by Crippen LogP contribution is -2.26. The van der Waals surface area contributed by atoms with Crippen molar-refractivity contribution in [3.05, 3.63) is 82.8 Å². The number of benzene rings is 2. The van der Waals surface area contributed by atoms with Gasteiger partial charge in [0.1, 0.15) is 11.5 Å². The van der Waals surface area contributed by atoms with Gasteiger partial charge in [-0.25, -0.2) is 4.79 Å². The molecule has 0 unspecified atom stereocenters. The van der Waals surface area contributed by atoms with Crippen LogP contribution in [-0.4, -0.2) is 16.8 Å². The first-order chi connectivity index (χ1) is 15.5. The molecule has 0 spiro atoms. The Morgan fingerprint density at radius 3 is 2.59 bits per heavy atom. The summed E-state index contributed by atoms with van der Waals surface area (Å²) in [6, 6.07) is 17.1. The summed E-state index contributed by atoms with van der Waals surface area (Å²) in [6.45, 7) is 3.94. The lowest BCUT2D eigenvalue weighted by molar-refractivity contribution is 0.0698. The monoisotopic (exact) mass is 447 g/mol. The second-order valence-electron chi connectivity index (χ2n) is 7.59. The van der Waals surface area contributed by atoms with Gasteiger partial charge in [0, 0.05) is 23.2 Å². The van der Waals surface area contributed by atoms with Gasteiger partial charge in [0.2, 0.25) is 5.76 Å². The maximum atomic E-state index is 12.8. The van der Waals surface area contributed by atoms with Crippen molar-refractivity contribution in [1.29, 1.82) is 0 Å². The second kappa shape index (κ2) is 9.78. The molecular weight excluding hydrogens is 422 g/mol. The Bertz CT molecular complexity index is 1150. The molecule has 1 aromatic heterocycles. The van der Waals surface area contributed by atoms with Crippen LogP contribution in [0, 0.1) is 6.92 Å².